The first-order valence-corrected chi connectivity index (χ1v) is 11.9. The van der Waals surface area contributed by atoms with E-state index in [4.69, 9.17) is 0 Å². The molecule has 3 aromatic rings. The second-order valence-corrected chi connectivity index (χ2v) is 10.2. The summed E-state index contributed by atoms with van der Waals surface area (Å²) in [6, 6.07) is 9.88. The summed E-state index contributed by atoms with van der Waals surface area (Å²) >= 11 is 3.45. The molecule has 0 radical (unpaired) electrons. The Bertz CT molecular complexity index is 1130. The number of carbonyl (C=O) groups is 2. The zero-order valence-corrected chi connectivity index (χ0v) is 18.7. The molecule has 4 heterocycles. The first-order valence-electron chi connectivity index (χ1n) is 10.2. The van der Waals surface area contributed by atoms with E-state index in [2.05, 4.69) is 22.5 Å². The van der Waals surface area contributed by atoms with Crippen LogP contribution < -0.4 is 0 Å². The summed E-state index contributed by atoms with van der Waals surface area (Å²) in [4.78, 5) is 36.6. The van der Waals surface area contributed by atoms with Crippen LogP contribution in [0.5, 0.6) is 0 Å². The number of carbonyl (C=O) groups excluding carboxylic acids is 2. The lowest BCUT2D eigenvalue weighted by molar-refractivity contribution is -0.146. The third-order valence-electron chi connectivity index (χ3n) is 5.99. The van der Waals surface area contributed by atoms with Crippen molar-refractivity contribution in [2.45, 2.75) is 45.8 Å². The number of thiazole rings is 1. The van der Waals surface area contributed by atoms with Gasteiger partial charge in [-0.15, -0.1) is 22.7 Å². The Labute approximate surface area is 184 Å². The quantitative estimate of drug-likeness (QED) is 0.608. The van der Waals surface area contributed by atoms with Crippen LogP contribution in [0, 0.1) is 6.92 Å². The van der Waals surface area contributed by atoms with Gasteiger partial charge in [-0.1, -0.05) is 24.3 Å². The number of amides is 2. The van der Waals surface area contributed by atoms with Crippen LogP contribution in [0.2, 0.25) is 0 Å². The highest BCUT2D eigenvalue weighted by molar-refractivity contribution is 7.16. The van der Waals surface area contributed by atoms with Crippen LogP contribution in [0.3, 0.4) is 0 Å². The fourth-order valence-electron chi connectivity index (χ4n) is 4.41. The Balaban J connectivity index is 1.38. The van der Waals surface area contributed by atoms with Gasteiger partial charge < -0.3 is 9.80 Å². The van der Waals surface area contributed by atoms with Gasteiger partial charge in [0, 0.05) is 43.2 Å². The average molecular weight is 438 g/mol. The molecule has 1 unspecified atom stereocenters. The van der Waals surface area contributed by atoms with Crippen molar-refractivity contribution in [3.05, 3.63) is 62.3 Å². The molecule has 1 aromatic carbocycles. The van der Waals surface area contributed by atoms with Gasteiger partial charge in [-0.2, -0.15) is 0 Å². The maximum Gasteiger partial charge on any atom is 0.246 e. The lowest BCUT2D eigenvalue weighted by atomic mass is 9.92. The van der Waals surface area contributed by atoms with Crippen LogP contribution in [0.15, 0.2) is 35.7 Å². The molecule has 7 heteroatoms. The molecule has 0 saturated heterocycles. The predicted octanol–water partition coefficient (Wildman–Crippen LogP) is 4.04. The van der Waals surface area contributed by atoms with Crippen molar-refractivity contribution in [1.82, 2.24) is 14.8 Å². The van der Waals surface area contributed by atoms with E-state index in [9.17, 15) is 9.59 Å². The summed E-state index contributed by atoms with van der Waals surface area (Å²) in [6.07, 6.45) is 1.45. The summed E-state index contributed by atoms with van der Waals surface area (Å²) in [6.45, 7) is 5.39. The highest BCUT2D eigenvalue weighted by Gasteiger charge is 2.36. The van der Waals surface area contributed by atoms with Crippen molar-refractivity contribution in [2.24, 2.45) is 0 Å². The average Bonchev–Trinajstić information content (AvgIpc) is 3.37. The van der Waals surface area contributed by atoms with Gasteiger partial charge >= 0.3 is 0 Å². The van der Waals surface area contributed by atoms with Gasteiger partial charge in [0.2, 0.25) is 11.8 Å². The standard InChI is InChI=1S/C23H23N3O2S2/c1-14-24-19(13-29-14)22-10-18-11-25(8-7-21(18)30-22)23(28)20-9-16-5-3-4-6-17(16)12-26(20)15(2)27/h3-6,10,13,20H,7-9,11-12H2,1-2H3. The lowest BCUT2D eigenvalue weighted by Gasteiger charge is -2.39. The van der Waals surface area contributed by atoms with E-state index in [1.165, 1.54) is 20.9 Å². The van der Waals surface area contributed by atoms with Crippen LogP contribution in [0.1, 0.15) is 33.5 Å². The smallest absolute Gasteiger partial charge is 0.246 e. The Morgan fingerprint density at radius 3 is 2.67 bits per heavy atom. The highest BCUT2D eigenvalue weighted by atomic mass is 32.1. The van der Waals surface area contributed by atoms with Crippen LogP contribution in [-0.2, 0) is 35.5 Å². The van der Waals surface area contributed by atoms with E-state index in [1.807, 2.05) is 30.0 Å². The molecule has 0 saturated carbocycles. The molecule has 2 aromatic heterocycles. The largest absolute Gasteiger partial charge is 0.336 e. The van der Waals surface area contributed by atoms with E-state index >= 15 is 0 Å². The van der Waals surface area contributed by atoms with E-state index in [0.29, 0.717) is 26.1 Å². The summed E-state index contributed by atoms with van der Waals surface area (Å²) in [7, 11) is 0. The van der Waals surface area contributed by atoms with Crippen molar-refractivity contribution in [3.63, 3.8) is 0 Å². The van der Waals surface area contributed by atoms with Crippen molar-refractivity contribution in [2.75, 3.05) is 6.54 Å². The summed E-state index contributed by atoms with van der Waals surface area (Å²) in [5.41, 5.74) is 4.55. The maximum atomic E-state index is 13.5. The van der Waals surface area contributed by atoms with Gasteiger partial charge in [0.25, 0.3) is 0 Å². The molecular weight excluding hydrogens is 414 g/mol. The van der Waals surface area contributed by atoms with Gasteiger partial charge in [-0.25, -0.2) is 4.98 Å². The van der Waals surface area contributed by atoms with Gasteiger partial charge in [0.1, 0.15) is 6.04 Å². The fraction of sp³-hybridized carbons (Fsp3) is 0.348. The Morgan fingerprint density at radius 1 is 1.13 bits per heavy atom. The molecule has 0 bridgehead atoms. The molecule has 5 rings (SSSR count). The van der Waals surface area contributed by atoms with Crippen molar-refractivity contribution in [3.8, 4) is 10.6 Å². The van der Waals surface area contributed by atoms with E-state index in [-0.39, 0.29) is 11.8 Å². The topological polar surface area (TPSA) is 53.5 Å². The van der Waals surface area contributed by atoms with E-state index in [0.717, 1.165) is 22.7 Å². The third-order valence-corrected chi connectivity index (χ3v) is 8.02. The number of aromatic nitrogens is 1. The summed E-state index contributed by atoms with van der Waals surface area (Å²) in [5.74, 6) is 0.0138. The number of thiophene rings is 1. The van der Waals surface area contributed by atoms with Gasteiger partial charge in [0.15, 0.2) is 0 Å². The Kier molecular flexibility index (Phi) is 4.95. The zero-order chi connectivity index (χ0) is 20.8. The van der Waals surface area contributed by atoms with Crippen LogP contribution in [-0.4, -0.2) is 39.2 Å². The van der Waals surface area contributed by atoms with E-state index < -0.39 is 6.04 Å². The monoisotopic (exact) mass is 437 g/mol. The minimum Gasteiger partial charge on any atom is -0.336 e. The number of rotatable bonds is 2. The fourth-order valence-corrected chi connectivity index (χ4v) is 6.22. The normalized spacial score (nSPS) is 18.1. The molecule has 0 N–H and O–H groups in total. The number of hydrogen-bond donors (Lipinski definition) is 0. The number of aryl methyl sites for hydroxylation is 1. The minimum absolute atomic E-state index is 0.0442. The second kappa shape index (κ2) is 7.63. The molecule has 30 heavy (non-hydrogen) atoms. The first-order chi connectivity index (χ1) is 14.5. The van der Waals surface area contributed by atoms with Crippen LogP contribution >= 0.6 is 22.7 Å². The molecule has 0 fully saturated rings. The molecule has 2 aliphatic rings. The molecule has 2 aliphatic heterocycles. The summed E-state index contributed by atoms with van der Waals surface area (Å²) < 4.78 is 0. The molecule has 5 nitrogen and oxygen atoms in total. The molecule has 2 amide bonds. The Hall–Kier alpha value is -2.51. The molecule has 154 valence electrons. The SMILES string of the molecule is CC(=O)N1Cc2ccccc2CC1C(=O)N1CCc2sc(-c3csc(C)n3)cc2C1. The maximum absolute atomic E-state index is 13.5. The first kappa shape index (κ1) is 19.5. The van der Waals surface area contributed by atoms with E-state index in [1.54, 1.807) is 34.5 Å². The zero-order valence-electron chi connectivity index (χ0n) is 17.1. The molecule has 1 atom stereocenters. The van der Waals surface area contributed by atoms with Gasteiger partial charge in [-0.3, -0.25) is 9.59 Å². The molecule has 0 aliphatic carbocycles. The summed E-state index contributed by atoms with van der Waals surface area (Å²) in [5, 5.41) is 3.16. The number of nitrogens with zero attached hydrogens (tertiary/aromatic N) is 3. The predicted molar refractivity (Wildman–Crippen MR) is 119 cm³/mol. The Morgan fingerprint density at radius 2 is 1.93 bits per heavy atom. The van der Waals surface area contributed by atoms with Crippen molar-refractivity contribution in [1.29, 1.82) is 0 Å². The number of hydrogen-bond acceptors (Lipinski definition) is 5. The van der Waals surface area contributed by atoms with Crippen LogP contribution in [0.25, 0.3) is 10.6 Å². The van der Waals surface area contributed by atoms with Crippen molar-refractivity contribution >= 4 is 34.5 Å². The van der Waals surface area contributed by atoms with Crippen molar-refractivity contribution < 1.29 is 9.59 Å². The van der Waals surface area contributed by atoms with Gasteiger partial charge in [0.05, 0.1) is 15.6 Å². The second-order valence-electron chi connectivity index (χ2n) is 7.96. The van der Waals surface area contributed by atoms with Crippen LogP contribution in [0.4, 0.5) is 0 Å². The number of fused-ring (bicyclic) bond motifs is 2. The highest BCUT2D eigenvalue weighted by Crippen LogP contribution is 2.36. The molecule has 0 spiro atoms. The third kappa shape index (κ3) is 3.46. The number of benzene rings is 1. The molecular formula is C23H23N3O2S2. The minimum atomic E-state index is -0.418. The van der Waals surface area contributed by atoms with Gasteiger partial charge in [-0.05, 0) is 36.1 Å². The lowest BCUT2D eigenvalue weighted by Crippen LogP contribution is -2.53.